The summed E-state index contributed by atoms with van der Waals surface area (Å²) in [5.41, 5.74) is 1.46. The van der Waals surface area contributed by atoms with Crippen molar-refractivity contribution in [2.45, 2.75) is 50.7 Å². The van der Waals surface area contributed by atoms with E-state index in [4.69, 9.17) is 0 Å². The first kappa shape index (κ1) is 15.4. The predicted octanol–water partition coefficient (Wildman–Crippen LogP) is 3.18. The van der Waals surface area contributed by atoms with Crippen molar-refractivity contribution in [3.05, 3.63) is 35.9 Å². The zero-order valence-corrected chi connectivity index (χ0v) is 13.9. The monoisotopic (exact) mass is 304 g/mol. The molecule has 0 saturated carbocycles. The fourth-order valence-electron chi connectivity index (χ4n) is 3.73. The Bertz CT molecular complexity index is 416. The summed E-state index contributed by atoms with van der Waals surface area (Å²) in [5, 5.41) is 3.79. The Kier molecular flexibility index (Phi) is 5.61. The van der Waals surface area contributed by atoms with Crippen LogP contribution in [0, 0.1) is 0 Å². The normalized spacial score (nSPS) is 31.2. The Hall–Kier alpha value is -0.510. The van der Waals surface area contributed by atoms with Gasteiger partial charge in [0.15, 0.2) is 0 Å². The van der Waals surface area contributed by atoms with Crippen LogP contribution in [0.3, 0.4) is 0 Å². The van der Waals surface area contributed by atoms with E-state index in [9.17, 15) is 0 Å². The minimum absolute atomic E-state index is 0.613. The molecule has 0 amide bonds. The molecule has 0 radical (unpaired) electrons. The molecule has 1 N–H and O–H groups in total. The summed E-state index contributed by atoms with van der Waals surface area (Å²) in [5.74, 6) is 2.71. The van der Waals surface area contributed by atoms with Gasteiger partial charge in [-0.1, -0.05) is 37.3 Å². The zero-order valence-electron chi connectivity index (χ0n) is 13.1. The summed E-state index contributed by atoms with van der Waals surface area (Å²) < 4.78 is 0. The number of thioether (sulfide) groups is 1. The quantitative estimate of drug-likeness (QED) is 0.920. The topological polar surface area (TPSA) is 15.3 Å². The second kappa shape index (κ2) is 7.66. The van der Waals surface area contributed by atoms with Gasteiger partial charge in [-0.3, -0.25) is 4.90 Å². The van der Waals surface area contributed by atoms with E-state index in [1.807, 2.05) is 0 Å². The van der Waals surface area contributed by atoms with Crippen LogP contribution in [-0.4, -0.2) is 47.6 Å². The third kappa shape index (κ3) is 4.02. The molecule has 21 heavy (non-hydrogen) atoms. The van der Waals surface area contributed by atoms with Crippen molar-refractivity contribution in [2.75, 3.05) is 24.6 Å². The van der Waals surface area contributed by atoms with Gasteiger partial charge in [-0.05, 0) is 37.0 Å². The maximum Gasteiger partial charge on any atom is 0.0236 e. The Morgan fingerprint density at radius 2 is 2.14 bits per heavy atom. The molecule has 3 heteroatoms. The molecule has 2 saturated heterocycles. The molecular formula is C18H28N2S. The molecule has 1 aromatic rings. The first-order valence-corrected chi connectivity index (χ1v) is 9.63. The fraction of sp³-hybridized carbons (Fsp3) is 0.667. The molecule has 0 spiro atoms. The highest BCUT2D eigenvalue weighted by atomic mass is 32.2. The first-order valence-electron chi connectivity index (χ1n) is 8.47. The lowest BCUT2D eigenvalue weighted by atomic mass is 9.98. The maximum atomic E-state index is 3.79. The summed E-state index contributed by atoms with van der Waals surface area (Å²) in [7, 11) is 0. The largest absolute Gasteiger partial charge is 0.311 e. The van der Waals surface area contributed by atoms with Crippen LogP contribution in [0.1, 0.15) is 31.7 Å². The van der Waals surface area contributed by atoms with Crippen LogP contribution in [0.2, 0.25) is 0 Å². The summed E-state index contributed by atoms with van der Waals surface area (Å²) >= 11 is 2.15. The molecule has 2 aliphatic rings. The predicted molar refractivity (Wildman–Crippen MR) is 93.1 cm³/mol. The number of hydrogen-bond acceptors (Lipinski definition) is 3. The van der Waals surface area contributed by atoms with Crippen LogP contribution < -0.4 is 5.32 Å². The van der Waals surface area contributed by atoms with Crippen LogP contribution in [0.4, 0.5) is 0 Å². The summed E-state index contributed by atoms with van der Waals surface area (Å²) in [4.78, 5) is 2.83. The molecule has 116 valence electrons. The van der Waals surface area contributed by atoms with Gasteiger partial charge in [0.1, 0.15) is 0 Å². The highest BCUT2D eigenvalue weighted by molar-refractivity contribution is 7.99. The fourth-order valence-corrected chi connectivity index (χ4v) is 4.90. The van der Waals surface area contributed by atoms with Crippen LogP contribution in [0.25, 0.3) is 0 Å². The average Bonchev–Trinajstić information content (AvgIpc) is 2.56. The van der Waals surface area contributed by atoms with Gasteiger partial charge in [-0.15, -0.1) is 0 Å². The summed E-state index contributed by atoms with van der Waals surface area (Å²) in [6, 6.07) is 13.1. The second-order valence-corrected chi connectivity index (χ2v) is 7.57. The number of piperazine rings is 1. The molecule has 2 heterocycles. The van der Waals surface area contributed by atoms with E-state index < -0.39 is 0 Å². The van der Waals surface area contributed by atoms with Gasteiger partial charge in [-0.25, -0.2) is 0 Å². The molecule has 1 aromatic carbocycles. The third-order valence-corrected chi connectivity index (χ3v) is 6.14. The SMILES string of the molecule is CCC1CNC(Cc2ccccc2)CN1C1CCCSC1. The second-order valence-electron chi connectivity index (χ2n) is 6.42. The van der Waals surface area contributed by atoms with Crippen molar-refractivity contribution in [2.24, 2.45) is 0 Å². The van der Waals surface area contributed by atoms with Gasteiger partial charge in [0.2, 0.25) is 0 Å². The van der Waals surface area contributed by atoms with E-state index in [1.165, 1.54) is 42.9 Å². The average molecular weight is 305 g/mol. The number of rotatable bonds is 4. The van der Waals surface area contributed by atoms with Crippen LogP contribution in [-0.2, 0) is 6.42 Å². The summed E-state index contributed by atoms with van der Waals surface area (Å²) in [6.45, 7) is 4.72. The lowest BCUT2D eigenvalue weighted by Gasteiger charge is -2.45. The molecule has 2 aliphatic heterocycles. The van der Waals surface area contributed by atoms with Crippen molar-refractivity contribution in [1.82, 2.24) is 10.2 Å². The Labute approximate surface area is 133 Å². The molecule has 2 nitrogen and oxygen atoms in total. The number of benzene rings is 1. The van der Waals surface area contributed by atoms with Crippen molar-refractivity contribution in [1.29, 1.82) is 0 Å². The standard InChI is InChI=1S/C18H28N2S/c1-2-17-12-19-16(11-15-7-4-3-5-8-15)13-20(17)18-9-6-10-21-14-18/h3-5,7-8,16-19H,2,6,9-14H2,1H3. The minimum Gasteiger partial charge on any atom is -0.311 e. The highest BCUT2D eigenvalue weighted by Gasteiger charge is 2.32. The highest BCUT2D eigenvalue weighted by Crippen LogP contribution is 2.26. The molecule has 0 aromatic heterocycles. The van der Waals surface area contributed by atoms with Crippen LogP contribution in [0.5, 0.6) is 0 Å². The zero-order chi connectivity index (χ0) is 14.5. The Morgan fingerprint density at radius 3 is 2.86 bits per heavy atom. The van der Waals surface area contributed by atoms with Crippen molar-refractivity contribution in [3.8, 4) is 0 Å². The van der Waals surface area contributed by atoms with E-state index in [-0.39, 0.29) is 0 Å². The lowest BCUT2D eigenvalue weighted by molar-refractivity contribution is 0.0827. The van der Waals surface area contributed by atoms with Gasteiger partial charge in [0, 0.05) is 37.0 Å². The Balaban J connectivity index is 1.63. The minimum atomic E-state index is 0.613. The van der Waals surface area contributed by atoms with Gasteiger partial charge in [0.25, 0.3) is 0 Å². The molecule has 3 rings (SSSR count). The van der Waals surface area contributed by atoms with Gasteiger partial charge < -0.3 is 5.32 Å². The number of nitrogens with zero attached hydrogens (tertiary/aromatic N) is 1. The first-order chi connectivity index (χ1) is 10.4. The van der Waals surface area contributed by atoms with Gasteiger partial charge in [0.05, 0.1) is 0 Å². The van der Waals surface area contributed by atoms with Crippen LogP contribution in [0.15, 0.2) is 30.3 Å². The maximum absolute atomic E-state index is 3.79. The van der Waals surface area contributed by atoms with Crippen molar-refractivity contribution in [3.63, 3.8) is 0 Å². The lowest BCUT2D eigenvalue weighted by Crippen LogP contribution is -2.60. The smallest absolute Gasteiger partial charge is 0.0236 e. The molecule has 3 unspecified atom stereocenters. The third-order valence-electron chi connectivity index (χ3n) is 4.94. The van der Waals surface area contributed by atoms with E-state index >= 15 is 0 Å². The van der Waals surface area contributed by atoms with Gasteiger partial charge in [-0.2, -0.15) is 11.8 Å². The van der Waals surface area contributed by atoms with E-state index in [2.05, 4.69) is 59.2 Å². The van der Waals surface area contributed by atoms with Gasteiger partial charge >= 0.3 is 0 Å². The van der Waals surface area contributed by atoms with E-state index in [0.29, 0.717) is 6.04 Å². The van der Waals surface area contributed by atoms with Crippen LogP contribution >= 0.6 is 11.8 Å². The van der Waals surface area contributed by atoms with Crippen molar-refractivity contribution >= 4 is 11.8 Å². The van der Waals surface area contributed by atoms with E-state index in [0.717, 1.165) is 25.0 Å². The number of hydrogen-bond donors (Lipinski definition) is 1. The molecule has 3 atom stereocenters. The number of nitrogens with one attached hydrogen (secondary N) is 1. The molecule has 0 bridgehead atoms. The molecular weight excluding hydrogens is 276 g/mol. The Morgan fingerprint density at radius 1 is 1.29 bits per heavy atom. The summed E-state index contributed by atoms with van der Waals surface area (Å²) in [6.07, 6.45) is 5.24. The molecule has 2 fully saturated rings. The van der Waals surface area contributed by atoms with Crippen molar-refractivity contribution < 1.29 is 0 Å². The molecule has 0 aliphatic carbocycles. The van der Waals surface area contributed by atoms with E-state index in [1.54, 1.807) is 0 Å².